The standard InChI is InChI=1S/C22H46NS.H2NO/c1-3-5-6-7-8-9-10-11-12-13-14-15-16-17-18-23(4-2)19-21-24-22-20-23;1-2/h3-22H2,1-2H3;1H2/q+1;-1. The number of unbranched alkanes of at least 4 members (excludes halogenated alkanes) is 13. The monoisotopic (exact) mass is 388 g/mol. The van der Waals surface area contributed by atoms with Gasteiger partial charge in [-0.05, 0) is 19.8 Å². The van der Waals surface area contributed by atoms with Gasteiger partial charge in [0.15, 0.2) is 0 Å². The van der Waals surface area contributed by atoms with E-state index in [0.717, 1.165) is 0 Å². The van der Waals surface area contributed by atoms with E-state index < -0.39 is 0 Å². The fourth-order valence-electron chi connectivity index (χ4n) is 4.07. The van der Waals surface area contributed by atoms with Crippen molar-refractivity contribution in [1.82, 2.24) is 0 Å². The topological polar surface area (TPSA) is 49.1 Å². The maximum atomic E-state index is 7.75. The van der Waals surface area contributed by atoms with E-state index in [1.165, 1.54) is 132 Å². The molecule has 1 fully saturated rings. The van der Waals surface area contributed by atoms with Crippen molar-refractivity contribution >= 4 is 11.8 Å². The molecule has 0 saturated carbocycles. The highest BCUT2D eigenvalue weighted by molar-refractivity contribution is 7.99. The average molecular weight is 389 g/mol. The number of hydrogen-bond donors (Lipinski definition) is 1. The van der Waals surface area contributed by atoms with Crippen LogP contribution in [0.5, 0.6) is 0 Å². The van der Waals surface area contributed by atoms with Crippen LogP contribution >= 0.6 is 11.8 Å². The van der Waals surface area contributed by atoms with Crippen LogP contribution in [0.15, 0.2) is 0 Å². The van der Waals surface area contributed by atoms with Gasteiger partial charge in [0.1, 0.15) is 0 Å². The van der Waals surface area contributed by atoms with Gasteiger partial charge in [-0.25, -0.2) is 0 Å². The molecule has 0 aliphatic carbocycles. The zero-order chi connectivity index (χ0) is 19.3. The minimum absolute atomic E-state index is 1.36. The predicted octanol–water partition coefficient (Wildman–Crippen LogP) is 6.49. The molecule has 2 N–H and O–H groups in total. The van der Waals surface area contributed by atoms with Gasteiger partial charge in [-0.3, -0.25) is 0 Å². The molecule has 158 valence electrons. The number of quaternary nitrogens is 1. The number of thioether (sulfide) groups is 1. The maximum absolute atomic E-state index is 7.75. The van der Waals surface area contributed by atoms with Gasteiger partial charge in [-0.2, -0.15) is 11.8 Å². The molecule has 0 bridgehead atoms. The predicted molar refractivity (Wildman–Crippen MR) is 121 cm³/mol. The Morgan fingerprint density at radius 3 is 1.42 bits per heavy atom. The van der Waals surface area contributed by atoms with Crippen LogP contribution in [0, 0.1) is 5.21 Å². The van der Waals surface area contributed by atoms with Gasteiger partial charge in [0.25, 0.3) is 0 Å². The summed E-state index contributed by atoms with van der Waals surface area (Å²) in [7, 11) is 0. The molecule has 1 rings (SSSR count). The third-order valence-electron chi connectivity index (χ3n) is 6.08. The summed E-state index contributed by atoms with van der Waals surface area (Å²) in [5, 5.41) is 7.75. The number of hydrogen-bond acceptors (Lipinski definition) is 3. The van der Waals surface area contributed by atoms with E-state index in [4.69, 9.17) is 5.21 Å². The van der Waals surface area contributed by atoms with E-state index in [1.807, 2.05) is 0 Å². The van der Waals surface area contributed by atoms with Gasteiger partial charge in [-0.15, -0.1) is 0 Å². The summed E-state index contributed by atoms with van der Waals surface area (Å²) in [5.41, 5.74) is 0. The second-order valence-electron chi connectivity index (χ2n) is 8.04. The molecule has 1 aliphatic rings. The molecule has 3 nitrogen and oxygen atoms in total. The first kappa shape index (κ1) is 26.2. The fraction of sp³-hybridized carbons (Fsp3) is 1.00. The molecule has 4 heteroatoms. The Bertz CT molecular complexity index is 271. The largest absolute Gasteiger partial charge is 0.790 e. The highest BCUT2D eigenvalue weighted by atomic mass is 32.2. The first-order valence-corrected chi connectivity index (χ1v) is 12.6. The van der Waals surface area contributed by atoms with Crippen molar-refractivity contribution in [2.75, 3.05) is 37.7 Å². The number of rotatable bonds is 16. The van der Waals surface area contributed by atoms with Crippen molar-refractivity contribution in [3.63, 3.8) is 0 Å². The lowest BCUT2D eigenvalue weighted by Crippen LogP contribution is -2.53. The molecule has 0 spiro atoms. The smallest absolute Gasteiger partial charge is 0.0878 e. The minimum atomic E-state index is 1.36. The Labute approximate surface area is 169 Å². The Balaban J connectivity index is 0.00000301. The molecule has 0 atom stereocenters. The zero-order valence-electron chi connectivity index (χ0n) is 18.0. The highest BCUT2D eigenvalue weighted by Crippen LogP contribution is 2.20. The Hall–Kier alpha value is 0.230. The van der Waals surface area contributed by atoms with E-state index >= 15 is 0 Å². The van der Waals surface area contributed by atoms with E-state index in [2.05, 4.69) is 31.5 Å². The molecule has 26 heavy (non-hydrogen) atoms. The van der Waals surface area contributed by atoms with Crippen molar-refractivity contribution in [3.8, 4) is 0 Å². The fourth-order valence-corrected chi connectivity index (χ4v) is 5.31. The quantitative estimate of drug-likeness (QED) is 0.187. The Kier molecular flexibility index (Phi) is 20.2. The molecular weight excluding hydrogens is 340 g/mol. The van der Waals surface area contributed by atoms with Crippen LogP contribution in [-0.2, 0) is 0 Å². The van der Waals surface area contributed by atoms with Gasteiger partial charge in [0, 0.05) is 11.5 Å². The molecule has 0 unspecified atom stereocenters. The van der Waals surface area contributed by atoms with Crippen LogP contribution in [0.2, 0.25) is 0 Å². The summed E-state index contributed by atoms with van der Waals surface area (Å²) >= 11 is 2.16. The van der Waals surface area contributed by atoms with Crippen molar-refractivity contribution in [2.24, 2.45) is 5.90 Å². The Morgan fingerprint density at radius 2 is 1.04 bits per heavy atom. The molecule has 0 aromatic rings. The molecular formula is C22H48N2OS. The average Bonchev–Trinajstić information content (AvgIpc) is 2.70. The van der Waals surface area contributed by atoms with Crippen molar-refractivity contribution in [3.05, 3.63) is 5.21 Å². The third kappa shape index (κ3) is 14.3. The lowest BCUT2D eigenvalue weighted by Gasteiger charge is -2.40. The van der Waals surface area contributed by atoms with Crippen molar-refractivity contribution in [1.29, 1.82) is 0 Å². The van der Waals surface area contributed by atoms with Gasteiger partial charge < -0.3 is 15.6 Å². The lowest BCUT2D eigenvalue weighted by molar-refractivity contribution is -0.923. The van der Waals surface area contributed by atoms with E-state index in [-0.39, 0.29) is 0 Å². The molecule has 0 radical (unpaired) electrons. The second kappa shape index (κ2) is 20.0. The van der Waals surface area contributed by atoms with Gasteiger partial charge in [0.05, 0.1) is 26.2 Å². The molecule has 0 aromatic carbocycles. The summed E-state index contributed by atoms with van der Waals surface area (Å²) in [6.07, 6.45) is 20.6. The second-order valence-corrected chi connectivity index (χ2v) is 9.26. The lowest BCUT2D eigenvalue weighted by atomic mass is 10.0. The normalized spacial score (nSPS) is 16.2. The van der Waals surface area contributed by atoms with Crippen LogP contribution < -0.4 is 5.90 Å². The molecule has 1 saturated heterocycles. The summed E-state index contributed by atoms with van der Waals surface area (Å²) in [5.74, 6) is 6.04. The van der Waals surface area contributed by atoms with E-state index in [9.17, 15) is 0 Å². The number of nitrogens with zero attached hydrogens (tertiary/aromatic N) is 1. The summed E-state index contributed by atoms with van der Waals surface area (Å²) in [4.78, 5) is 0. The zero-order valence-corrected chi connectivity index (χ0v) is 18.8. The first-order valence-electron chi connectivity index (χ1n) is 11.5. The van der Waals surface area contributed by atoms with Gasteiger partial charge in [-0.1, -0.05) is 84.0 Å². The molecule has 1 aliphatic heterocycles. The first-order chi connectivity index (χ1) is 12.8. The Morgan fingerprint density at radius 1 is 0.654 bits per heavy atom. The van der Waals surface area contributed by atoms with Crippen LogP contribution in [0.25, 0.3) is 0 Å². The van der Waals surface area contributed by atoms with Crippen LogP contribution in [0.4, 0.5) is 0 Å². The van der Waals surface area contributed by atoms with E-state index in [1.54, 1.807) is 0 Å². The third-order valence-corrected chi connectivity index (χ3v) is 7.02. The highest BCUT2D eigenvalue weighted by Gasteiger charge is 2.27. The van der Waals surface area contributed by atoms with Gasteiger partial charge in [0.2, 0.25) is 0 Å². The summed E-state index contributed by atoms with van der Waals surface area (Å²) in [6.45, 7) is 10.4. The van der Waals surface area contributed by atoms with Crippen molar-refractivity contribution in [2.45, 2.75) is 104 Å². The molecule has 0 amide bonds. The van der Waals surface area contributed by atoms with Crippen molar-refractivity contribution < 1.29 is 4.48 Å². The number of nitrogens with two attached hydrogens (primary N) is 1. The van der Waals surface area contributed by atoms with Crippen LogP contribution in [0.3, 0.4) is 0 Å². The summed E-state index contributed by atoms with van der Waals surface area (Å²) < 4.78 is 1.42. The maximum Gasteiger partial charge on any atom is 0.0878 e. The van der Waals surface area contributed by atoms with Gasteiger partial charge >= 0.3 is 0 Å². The molecule has 1 heterocycles. The summed E-state index contributed by atoms with van der Waals surface area (Å²) in [6, 6.07) is 0. The minimum Gasteiger partial charge on any atom is -0.790 e. The van der Waals surface area contributed by atoms with Crippen LogP contribution in [-0.4, -0.2) is 42.2 Å². The van der Waals surface area contributed by atoms with E-state index in [0.29, 0.717) is 0 Å². The molecule has 0 aromatic heterocycles. The van der Waals surface area contributed by atoms with Crippen LogP contribution in [0.1, 0.15) is 104 Å². The SMILES string of the molecule is CCCCCCCCCCCCCCCC[N+]1(CC)CCSCC1.N[O-].